The van der Waals surface area contributed by atoms with Gasteiger partial charge >= 0.3 is 6.36 Å². The number of alkyl halides is 3. The van der Waals surface area contributed by atoms with E-state index in [0.717, 1.165) is 0 Å². The Balaban J connectivity index is 2.13. The van der Waals surface area contributed by atoms with E-state index in [4.69, 9.17) is 4.74 Å². The van der Waals surface area contributed by atoms with Gasteiger partial charge in [0, 0.05) is 0 Å². The predicted octanol–water partition coefficient (Wildman–Crippen LogP) is 2.66. The highest BCUT2D eigenvalue weighted by Crippen LogP contribution is 2.32. The number of benzene rings is 1. The highest BCUT2D eigenvalue weighted by molar-refractivity contribution is 5.31. The summed E-state index contributed by atoms with van der Waals surface area (Å²) in [7, 11) is 0. The lowest BCUT2D eigenvalue weighted by Gasteiger charge is -2.09. The summed E-state index contributed by atoms with van der Waals surface area (Å²) in [6, 6.07) is 5.82. The Bertz CT molecular complexity index is 331. The second kappa shape index (κ2) is 3.16. The minimum Gasteiger partial charge on any atom is -0.406 e. The standard InChI is InChI=1S/C9H7F3O2/c10-9(11,12)14-7-3-1-2-6(4-7)8-5-13-8/h1-4,8H,5H2. The SMILES string of the molecule is FC(F)(F)Oc1cccc(C2CO2)c1. The Kier molecular flexibility index (Phi) is 2.11. The molecule has 0 N–H and O–H groups in total. The number of hydrogen-bond donors (Lipinski definition) is 0. The van der Waals surface area contributed by atoms with Crippen LogP contribution in [0.15, 0.2) is 24.3 Å². The Morgan fingerprint density at radius 1 is 1.36 bits per heavy atom. The molecule has 1 saturated heterocycles. The molecule has 1 aliphatic rings. The maximum absolute atomic E-state index is 11.8. The van der Waals surface area contributed by atoms with Gasteiger partial charge in [-0.25, -0.2) is 0 Å². The van der Waals surface area contributed by atoms with E-state index < -0.39 is 6.36 Å². The van der Waals surface area contributed by atoms with Crippen LogP contribution >= 0.6 is 0 Å². The van der Waals surface area contributed by atoms with Gasteiger partial charge in [0.15, 0.2) is 0 Å². The van der Waals surface area contributed by atoms with Gasteiger partial charge in [-0.1, -0.05) is 12.1 Å². The van der Waals surface area contributed by atoms with Gasteiger partial charge < -0.3 is 9.47 Å². The number of ether oxygens (including phenoxy) is 2. The maximum atomic E-state index is 11.8. The topological polar surface area (TPSA) is 21.8 Å². The van der Waals surface area contributed by atoms with Gasteiger partial charge in [-0.3, -0.25) is 0 Å². The zero-order valence-corrected chi connectivity index (χ0v) is 7.04. The fourth-order valence-electron chi connectivity index (χ4n) is 1.15. The van der Waals surface area contributed by atoms with Crippen molar-refractivity contribution in [1.29, 1.82) is 0 Å². The molecule has 1 unspecified atom stereocenters. The summed E-state index contributed by atoms with van der Waals surface area (Å²) in [4.78, 5) is 0. The fraction of sp³-hybridized carbons (Fsp3) is 0.333. The van der Waals surface area contributed by atoms with Crippen molar-refractivity contribution in [2.45, 2.75) is 12.5 Å². The third-order valence-electron chi connectivity index (χ3n) is 1.80. The number of epoxide rings is 1. The summed E-state index contributed by atoms with van der Waals surface area (Å²) in [5.74, 6) is -0.203. The molecule has 1 aromatic carbocycles. The number of hydrogen-bond acceptors (Lipinski definition) is 2. The molecule has 0 bridgehead atoms. The lowest BCUT2D eigenvalue weighted by molar-refractivity contribution is -0.274. The van der Waals surface area contributed by atoms with E-state index in [1.807, 2.05) is 0 Å². The molecule has 2 rings (SSSR count). The minimum absolute atomic E-state index is 0.0632. The van der Waals surface area contributed by atoms with Crippen molar-refractivity contribution < 1.29 is 22.6 Å². The fourth-order valence-corrected chi connectivity index (χ4v) is 1.15. The lowest BCUT2D eigenvalue weighted by atomic mass is 10.1. The van der Waals surface area contributed by atoms with Gasteiger partial charge in [-0.2, -0.15) is 0 Å². The van der Waals surface area contributed by atoms with Crippen LogP contribution in [-0.4, -0.2) is 13.0 Å². The zero-order chi connectivity index (χ0) is 10.2. The highest BCUT2D eigenvalue weighted by atomic mass is 19.4. The molecular weight excluding hydrogens is 197 g/mol. The van der Waals surface area contributed by atoms with Gasteiger partial charge in [-0.15, -0.1) is 13.2 Å². The minimum atomic E-state index is -4.64. The summed E-state index contributed by atoms with van der Waals surface area (Å²) in [6.07, 6.45) is -4.70. The van der Waals surface area contributed by atoms with Gasteiger partial charge in [0.25, 0.3) is 0 Å². The molecule has 1 fully saturated rings. The maximum Gasteiger partial charge on any atom is 0.573 e. The Hall–Kier alpha value is -1.23. The first-order valence-electron chi connectivity index (χ1n) is 4.02. The van der Waals surface area contributed by atoms with E-state index in [1.54, 1.807) is 6.07 Å². The second-order valence-corrected chi connectivity index (χ2v) is 2.94. The Labute approximate surface area is 78.2 Å². The van der Waals surface area contributed by atoms with Crippen molar-refractivity contribution in [1.82, 2.24) is 0 Å². The number of rotatable bonds is 2. The molecule has 14 heavy (non-hydrogen) atoms. The van der Waals surface area contributed by atoms with Crippen LogP contribution in [0, 0.1) is 0 Å². The highest BCUT2D eigenvalue weighted by Gasteiger charge is 2.32. The van der Waals surface area contributed by atoms with Crippen molar-refractivity contribution in [2.24, 2.45) is 0 Å². The van der Waals surface area contributed by atoms with Crippen LogP contribution < -0.4 is 4.74 Å². The quantitative estimate of drug-likeness (QED) is 0.691. The molecule has 1 aliphatic heterocycles. The first-order chi connectivity index (χ1) is 6.54. The average Bonchev–Trinajstić information content (AvgIpc) is 2.83. The third-order valence-corrected chi connectivity index (χ3v) is 1.80. The van der Waals surface area contributed by atoms with E-state index in [2.05, 4.69) is 4.74 Å². The van der Waals surface area contributed by atoms with E-state index in [0.29, 0.717) is 12.2 Å². The summed E-state index contributed by atoms with van der Waals surface area (Å²) < 4.78 is 44.2. The molecule has 0 saturated carbocycles. The molecule has 1 aromatic rings. The molecule has 76 valence electrons. The van der Waals surface area contributed by atoms with Crippen LogP contribution in [0.25, 0.3) is 0 Å². The summed E-state index contributed by atoms with van der Waals surface area (Å²) >= 11 is 0. The van der Waals surface area contributed by atoms with Crippen LogP contribution in [-0.2, 0) is 4.74 Å². The average molecular weight is 204 g/mol. The molecule has 0 aliphatic carbocycles. The summed E-state index contributed by atoms with van der Waals surface area (Å²) in [5, 5.41) is 0. The predicted molar refractivity (Wildman–Crippen MR) is 41.8 cm³/mol. The summed E-state index contributed by atoms with van der Waals surface area (Å²) in [5.41, 5.74) is 0.715. The normalized spacial score (nSPS) is 20.6. The largest absolute Gasteiger partial charge is 0.573 e. The smallest absolute Gasteiger partial charge is 0.406 e. The molecule has 5 heteroatoms. The first kappa shape index (κ1) is 9.33. The molecule has 1 heterocycles. The van der Waals surface area contributed by atoms with Gasteiger partial charge in [0.1, 0.15) is 11.9 Å². The van der Waals surface area contributed by atoms with E-state index in [-0.39, 0.29) is 11.9 Å². The molecular formula is C9H7F3O2. The van der Waals surface area contributed by atoms with E-state index in [1.165, 1.54) is 18.2 Å². The molecule has 0 spiro atoms. The van der Waals surface area contributed by atoms with Gasteiger partial charge in [-0.05, 0) is 17.7 Å². The van der Waals surface area contributed by atoms with Crippen LogP contribution in [0.2, 0.25) is 0 Å². The van der Waals surface area contributed by atoms with E-state index in [9.17, 15) is 13.2 Å². The molecule has 1 atom stereocenters. The molecule has 0 radical (unpaired) electrons. The molecule has 0 amide bonds. The summed E-state index contributed by atoms with van der Waals surface area (Å²) in [6.45, 7) is 0.565. The van der Waals surface area contributed by atoms with E-state index >= 15 is 0 Å². The molecule has 0 aromatic heterocycles. The Morgan fingerprint density at radius 3 is 2.64 bits per heavy atom. The van der Waals surface area contributed by atoms with Gasteiger partial charge in [0.05, 0.1) is 6.61 Å². The lowest BCUT2D eigenvalue weighted by Crippen LogP contribution is -2.17. The Morgan fingerprint density at radius 2 is 2.07 bits per heavy atom. The van der Waals surface area contributed by atoms with Crippen LogP contribution in [0.5, 0.6) is 5.75 Å². The molecule has 2 nitrogen and oxygen atoms in total. The van der Waals surface area contributed by atoms with Crippen molar-refractivity contribution in [3.8, 4) is 5.75 Å². The first-order valence-corrected chi connectivity index (χ1v) is 4.02. The zero-order valence-electron chi connectivity index (χ0n) is 7.04. The number of halogens is 3. The van der Waals surface area contributed by atoms with Crippen molar-refractivity contribution in [2.75, 3.05) is 6.61 Å². The van der Waals surface area contributed by atoms with Crippen LogP contribution in [0.3, 0.4) is 0 Å². The van der Waals surface area contributed by atoms with Crippen molar-refractivity contribution >= 4 is 0 Å². The van der Waals surface area contributed by atoms with Crippen molar-refractivity contribution in [3.63, 3.8) is 0 Å². The van der Waals surface area contributed by atoms with Crippen LogP contribution in [0.4, 0.5) is 13.2 Å². The third kappa shape index (κ3) is 2.38. The second-order valence-electron chi connectivity index (χ2n) is 2.94. The van der Waals surface area contributed by atoms with Crippen molar-refractivity contribution in [3.05, 3.63) is 29.8 Å². The van der Waals surface area contributed by atoms with Crippen LogP contribution in [0.1, 0.15) is 11.7 Å². The monoisotopic (exact) mass is 204 g/mol. The van der Waals surface area contributed by atoms with Gasteiger partial charge in [0.2, 0.25) is 0 Å².